The SMILES string of the molecule is CN(C)c1cc(C(=O)O)n(C)n1. The molecule has 0 saturated carbocycles. The quantitative estimate of drug-likeness (QED) is 0.686. The summed E-state index contributed by atoms with van der Waals surface area (Å²) < 4.78 is 1.34. The molecule has 0 aliphatic rings. The average molecular weight is 169 g/mol. The minimum absolute atomic E-state index is 0.193. The number of carboxylic acids is 1. The third-order valence-corrected chi connectivity index (χ3v) is 1.54. The van der Waals surface area contributed by atoms with Crippen LogP contribution in [0.15, 0.2) is 6.07 Å². The largest absolute Gasteiger partial charge is 0.477 e. The van der Waals surface area contributed by atoms with Crippen LogP contribution in [0.3, 0.4) is 0 Å². The molecular formula is C7H11N3O2. The van der Waals surface area contributed by atoms with Crippen molar-refractivity contribution in [2.45, 2.75) is 0 Å². The van der Waals surface area contributed by atoms with Crippen LogP contribution in [0.25, 0.3) is 0 Å². The Hall–Kier alpha value is -1.52. The topological polar surface area (TPSA) is 58.4 Å². The molecule has 12 heavy (non-hydrogen) atoms. The molecule has 1 aromatic heterocycles. The lowest BCUT2D eigenvalue weighted by Crippen LogP contribution is -2.09. The van der Waals surface area contributed by atoms with E-state index < -0.39 is 5.97 Å². The molecule has 0 unspecified atom stereocenters. The van der Waals surface area contributed by atoms with Gasteiger partial charge in [0, 0.05) is 27.2 Å². The van der Waals surface area contributed by atoms with Crippen LogP contribution < -0.4 is 4.90 Å². The molecule has 1 N–H and O–H groups in total. The first-order chi connectivity index (χ1) is 5.52. The van der Waals surface area contributed by atoms with Crippen molar-refractivity contribution in [1.29, 1.82) is 0 Å². The molecule has 0 aromatic carbocycles. The zero-order valence-corrected chi connectivity index (χ0v) is 7.27. The zero-order chi connectivity index (χ0) is 9.30. The molecule has 0 fully saturated rings. The van der Waals surface area contributed by atoms with Gasteiger partial charge in [0.2, 0.25) is 0 Å². The second-order valence-corrected chi connectivity index (χ2v) is 2.71. The average Bonchev–Trinajstić information content (AvgIpc) is 2.30. The van der Waals surface area contributed by atoms with E-state index in [2.05, 4.69) is 5.10 Å². The Bertz CT molecular complexity index is 304. The Morgan fingerprint density at radius 1 is 1.67 bits per heavy atom. The maximum atomic E-state index is 10.6. The number of hydrogen-bond donors (Lipinski definition) is 1. The molecule has 66 valence electrons. The zero-order valence-electron chi connectivity index (χ0n) is 7.27. The van der Waals surface area contributed by atoms with Gasteiger partial charge in [0.15, 0.2) is 5.82 Å². The van der Waals surface area contributed by atoms with Crippen LogP contribution >= 0.6 is 0 Å². The third kappa shape index (κ3) is 1.39. The predicted octanol–water partition coefficient (Wildman–Crippen LogP) is 0.184. The van der Waals surface area contributed by atoms with Gasteiger partial charge in [0.25, 0.3) is 0 Å². The van der Waals surface area contributed by atoms with E-state index in [4.69, 9.17) is 5.11 Å². The molecule has 0 atom stereocenters. The van der Waals surface area contributed by atoms with Crippen molar-refractivity contribution >= 4 is 11.8 Å². The number of hydrogen-bond acceptors (Lipinski definition) is 3. The first-order valence-corrected chi connectivity index (χ1v) is 3.47. The van der Waals surface area contributed by atoms with Crippen molar-refractivity contribution in [2.24, 2.45) is 7.05 Å². The van der Waals surface area contributed by atoms with Gasteiger partial charge in [-0.05, 0) is 0 Å². The van der Waals surface area contributed by atoms with Crippen molar-refractivity contribution in [1.82, 2.24) is 9.78 Å². The van der Waals surface area contributed by atoms with Gasteiger partial charge >= 0.3 is 5.97 Å². The summed E-state index contributed by atoms with van der Waals surface area (Å²) >= 11 is 0. The molecule has 0 amide bonds. The Balaban J connectivity index is 3.09. The number of aromatic nitrogens is 2. The second-order valence-electron chi connectivity index (χ2n) is 2.71. The molecule has 0 bridgehead atoms. The number of aryl methyl sites for hydroxylation is 1. The van der Waals surface area contributed by atoms with Gasteiger partial charge in [-0.3, -0.25) is 4.68 Å². The van der Waals surface area contributed by atoms with Crippen molar-refractivity contribution in [3.05, 3.63) is 11.8 Å². The van der Waals surface area contributed by atoms with E-state index in [1.165, 1.54) is 10.7 Å². The minimum Gasteiger partial charge on any atom is -0.477 e. The van der Waals surface area contributed by atoms with Crippen LogP contribution in [-0.4, -0.2) is 35.0 Å². The Labute approximate surface area is 70.2 Å². The van der Waals surface area contributed by atoms with E-state index in [0.29, 0.717) is 5.82 Å². The highest BCUT2D eigenvalue weighted by Crippen LogP contribution is 2.10. The second kappa shape index (κ2) is 2.84. The molecule has 0 spiro atoms. The summed E-state index contributed by atoms with van der Waals surface area (Å²) in [4.78, 5) is 12.3. The fourth-order valence-corrected chi connectivity index (χ4v) is 0.871. The van der Waals surface area contributed by atoms with Gasteiger partial charge in [0.05, 0.1) is 0 Å². The van der Waals surface area contributed by atoms with Crippen molar-refractivity contribution in [2.75, 3.05) is 19.0 Å². The number of nitrogens with zero attached hydrogens (tertiary/aromatic N) is 3. The maximum Gasteiger partial charge on any atom is 0.354 e. The number of carbonyl (C=O) groups is 1. The molecule has 0 aliphatic heterocycles. The van der Waals surface area contributed by atoms with Crippen LogP contribution in [0.4, 0.5) is 5.82 Å². The van der Waals surface area contributed by atoms with Gasteiger partial charge in [0.1, 0.15) is 5.69 Å². The van der Waals surface area contributed by atoms with Gasteiger partial charge in [-0.25, -0.2) is 4.79 Å². The Morgan fingerprint density at radius 3 is 2.50 bits per heavy atom. The van der Waals surface area contributed by atoms with Gasteiger partial charge in [-0.15, -0.1) is 0 Å². The van der Waals surface area contributed by atoms with E-state index in [-0.39, 0.29) is 5.69 Å². The van der Waals surface area contributed by atoms with Crippen molar-refractivity contribution < 1.29 is 9.90 Å². The molecule has 0 radical (unpaired) electrons. The normalized spacial score (nSPS) is 9.92. The highest BCUT2D eigenvalue weighted by molar-refractivity contribution is 5.86. The van der Waals surface area contributed by atoms with E-state index in [0.717, 1.165) is 0 Å². The van der Waals surface area contributed by atoms with E-state index in [9.17, 15) is 4.79 Å². The fraction of sp³-hybridized carbons (Fsp3) is 0.429. The lowest BCUT2D eigenvalue weighted by Gasteiger charge is -2.05. The van der Waals surface area contributed by atoms with Crippen LogP contribution in [0, 0.1) is 0 Å². The number of rotatable bonds is 2. The molecule has 1 rings (SSSR count). The summed E-state index contributed by atoms with van der Waals surface area (Å²) in [5.74, 6) is -0.312. The predicted molar refractivity (Wildman–Crippen MR) is 44.5 cm³/mol. The van der Waals surface area contributed by atoms with E-state index in [1.807, 2.05) is 14.1 Å². The number of anilines is 1. The van der Waals surface area contributed by atoms with Gasteiger partial charge < -0.3 is 10.0 Å². The molecule has 5 heteroatoms. The smallest absolute Gasteiger partial charge is 0.354 e. The molecule has 1 heterocycles. The minimum atomic E-state index is -0.960. The summed E-state index contributed by atoms with van der Waals surface area (Å²) in [7, 11) is 5.23. The fourth-order valence-electron chi connectivity index (χ4n) is 0.871. The monoisotopic (exact) mass is 169 g/mol. The summed E-state index contributed by atoms with van der Waals surface area (Å²) in [5.41, 5.74) is 0.193. The highest BCUT2D eigenvalue weighted by Gasteiger charge is 2.11. The summed E-state index contributed by atoms with van der Waals surface area (Å²) in [5, 5.41) is 12.7. The molecule has 0 saturated heterocycles. The van der Waals surface area contributed by atoms with E-state index in [1.54, 1.807) is 11.9 Å². The lowest BCUT2D eigenvalue weighted by molar-refractivity contribution is 0.0685. The Kier molecular flexibility index (Phi) is 2.03. The first kappa shape index (κ1) is 8.58. The summed E-state index contributed by atoms with van der Waals surface area (Å²) in [6, 6.07) is 1.53. The highest BCUT2D eigenvalue weighted by atomic mass is 16.4. The lowest BCUT2D eigenvalue weighted by atomic mass is 10.4. The molecule has 5 nitrogen and oxygen atoms in total. The standard InChI is InChI=1S/C7H11N3O2/c1-9(2)6-4-5(7(11)12)10(3)8-6/h4H,1-3H3,(H,11,12). The molecule has 0 aliphatic carbocycles. The molecule has 1 aromatic rings. The van der Waals surface area contributed by atoms with Gasteiger partial charge in [-0.2, -0.15) is 5.10 Å². The maximum absolute atomic E-state index is 10.6. The molecular weight excluding hydrogens is 158 g/mol. The van der Waals surface area contributed by atoms with Crippen molar-refractivity contribution in [3.63, 3.8) is 0 Å². The van der Waals surface area contributed by atoms with Crippen LogP contribution in [0.2, 0.25) is 0 Å². The Morgan fingerprint density at radius 2 is 2.25 bits per heavy atom. The van der Waals surface area contributed by atoms with Crippen molar-refractivity contribution in [3.8, 4) is 0 Å². The number of carboxylic acid groups (broad SMARTS) is 1. The first-order valence-electron chi connectivity index (χ1n) is 3.47. The summed E-state index contributed by atoms with van der Waals surface area (Å²) in [6.45, 7) is 0. The van der Waals surface area contributed by atoms with Crippen LogP contribution in [-0.2, 0) is 7.05 Å². The number of aromatic carboxylic acids is 1. The summed E-state index contributed by atoms with van der Waals surface area (Å²) in [6.07, 6.45) is 0. The van der Waals surface area contributed by atoms with E-state index >= 15 is 0 Å². The third-order valence-electron chi connectivity index (χ3n) is 1.54. The van der Waals surface area contributed by atoms with Crippen LogP contribution in [0.1, 0.15) is 10.5 Å². The van der Waals surface area contributed by atoms with Gasteiger partial charge in [-0.1, -0.05) is 0 Å². The van der Waals surface area contributed by atoms with Crippen LogP contribution in [0.5, 0.6) is 0 Å².